The quantitative estimate of drug-likeness (QED) is 0.679. The highest BCUT2D eigenvalue weighted by atomic mass is 16.5. The van der Waals surface area contributed by atoms with Gasteiger partial charge < -0.3 is 15.2 Å². The molecule has 2 aliphatic rings. The van der Waals surface area contributed by atoms with Crippen molar-refractivity contribution in [1.82, 2.24) is 5.32 Å². The van der Waals surface area contributed by atoms with E-state index in [-0.39, 0.29) is 5.60 Å². The van der Waals surface area contributed by atoms with Crippen molar-refractivity contribution in [2.75, 3.05) is 13.2 Å². The van der Waals surface area contributed by atoms with E-state index in [1.165, 1.54) is 0 Å². The molecule has 0 amide bonds. The molecule has 13 heavy (non-hydrogen) atoms. The number of aliphatic hydroxyl groups is 1. The van der Waals surface area contributed by atoms with Crippen LogP contribution in [0.25, 0.3) is 0 Å². The predicted octanol–water partition coefficient (Wildman–Crippen LogP) is 0.668. The van der Waals surface area contributed by atoms with Crippen molar-refractivity contribution >= 4 is 0 Å². The van der Waals surface area contributed by atoms with Gasteiger partial charge in [0.1, 0.15) is 5.60 Å². The van der Waals surface area contributed by atoms with E-state index in [1.807, 2.05) is 0 Å². The smallest absolute Gasteiger partial charge is 0.103 e. The van der Waals surface area contributed by atoms with Crippen LogP contribution < -0.4 is 5.32 Å². The monoisotopic (exact) mass is 185 g/mol. The van der Waals surface area contributed by atoms with Crippen molar-refractivity contribution in [2.24, 2.45) is 0 Å². The first kappa shape index (κ1) is 9.44. The Kier molecular flexibility index (Phi) is 2.13. The molecule has 0 aromatic heterocycles. The van der Waals surface area contributed by atoms with Crippen LogP contribution in [0.4, 0.5) is 0 Å². The third-order valence-corrected chi connectivity index (χ3v) is 2.95. The van der Waals surface area contributed by atoms with Crippen LogP contribution in [0.5, 0.6) is 0 Å². The standard InChI is InChI=1S/C10H19NO2/c1-8(2)11-6-9(12)5-10(3-4-10)13-7-9/h8,11-12H,3-7H2,1-2H3/t9-/m1/s1. The summed E-state index contributed by atoms with van der Waals surface area (Å²) < 4.78 is 5.61. The van der Waals surface area contributed by atoms with Gasteiger partial charge in [-0.05, 0) is 12.8 Å². The number of hydrogen-bond donors (Lipinski definition) is 2. The molecule has 1 saturated heterocycles. The second-order valence-corrected chi connectivity index (χ2v) is 4.91. The Morgan fingerprint density at radius 1 is 1.46 bits per heavy atom. The normalized spacial score (nSPS) is 36.0. The average molecular weight is 185 g/mol. The maximum absolute atomic E-state index is 10.1. The first-order valence-electron chi connectivity index (χ1n) is 5.13. The number of hydrogen-bond acceptors (Lipinski definition) is 3. The lowest BCUT2D eigenvalue weighted by Gasteiger charge is -2.22. The topological polar surface area (TPSA) is 41.5 Å². The first-order chi connectivity index (χ1) is 6.04. The Morgan fingerprint density at radius 3 is 2.62 bits per heavy atom. The van der Waals surface area contributed by atoms with Crippen molar-refractivity contribution in [2.45, 2.75) is 50.4 Å². The first-order valence-corrected chi connectivity index (χ1v) is 5.13. The molecule has 0 unspecified atom stereocenters. The van der Waals surface area contributed by atoms with Crippen molar-refractivity contribution < 1.29 is 9.84 Å². The SMILES string of the molecule is CC(C)NC[C@@]1(O)COC2(CC2)C1. The summed E-state index contributed by atoms with van der Waals surface area (Å²) in [5.74, 6) is 0. The molecule has 1 heterocycles. The summed E-state index contributed by atoms with van der Waals surface area (Å²) in [6.45, 7) is 5.34. The van der Waals surface area contributed by atoms with Crippen molar-refractivity contribution in [3.63, 3.8) is 0 Å². The van der Waals surface area contributed by atoms with Gasteiger partial charge in [0, 0.05) is 19.0 Å². The zero-order valence-electron chi connectivity index (χ0n) is 8.47. The molecule has 0 aromatic carbocycles. The average Bonchev–Trinajstić information content (AvgIpc) is 2.70. The number of ether oxygens (including phenoxy) is 1. The van der Waals surface area contributed by atoms with Crippen molar-refractivity contribution in [3.8, 4) is 0 Å². The van der Waals surface area contributed by atoms with E-state index < -0.39 is 5.60 Å². The molecule has 3 heteroatoms. The molecule has 0 radical (unpaired) electrons. The Labute approximate surface area is 79.5 Å². The summed E-state index contributed by atoms with van der Waals surface area (Å²) in [5, 5.41) is 13.4. The Balaban J connectivity index is 1.83. The highest BCUT2D eigenvalue weighted by molar-refractivity contribution is 5.07. The maximum atomic E-state index is 10.1. The minimum atomic E-state index is -0.610. The molecule has 0 bridgehead atoms. The van der Waals surface area contributed by atoms with Gasteiger partial charge in [0.25, 0.3) is 0 Å². The van der Waals surface area contributed by atoms with Crippen LogP contribution in [0.1, 0.15) is 33.1 Å². The fourth-order valence-corrected chi connectivity index (χ4v) is 1.96. The van der Waals surface area contributed by atoms with Crippen LogP contribution in [0.15, 0.2) is 0 Å². The van der Waals surface area contributed by atoms with Crippen LogP contribution in [-0.2, 0) is 4.74 Å². The summed E-state index contributed by atoms with van der Waals surface area (Å²) in [6.07, 6.45) is 3.09. The Bertz CT molecular complexity index is 201. The highest BCUT2D eigenvalue weighted by Gasteiger charge is 2.55. The molecule has 2 N–H and O–H groups in total. The molecule has 1 saturated carbocycles. The van der Waals surface area contributed by atoms with Gasteiger partial charge in [0.15, 0.2) is 0 Å². The molecule has 1 aliphatic carbocycles. The van der Waals surface area contributed by atoms with E-state index in [0.29, 0.717) is 19.2 Å². The van der Waals surface area contributed by atoms with Crippen molar-refractivity contribution in [3.05, 3.63) is 0 Å². The zero-order chi connectivity index (χ0) is 9.53. The zero-order valence-corrected chi connectivity index (χ0v) is 8.47. The lowest BCUT2D eigenvalue weighted by molar-refractivity contribution is 0.0181. The van der Waals surface area contributed by atoms with E-state index in [4.69, 9.17) is 4.74 Å². The molecule has 76 valence electrons. The van der Waals surface area contributed by atoms with E-state index in [0.717, 1.165) is 19.3 Å². The molecule has 1 aliphatic heterocycles. The lowest BCUT2D eigenvalue weighted by atomic mass is 9.99. The molecule has 2 fully saturated rings. The van der Waals surface area contributed by atoms with E-state index in [1.54, 1.807) is 0 Å². The van der Waals surface area contributed by atoms with Crippen LogP contribution in [0.3, 0.4) is 0 Å². The lowest BCUT2D eigenvalue weighted by Crippen LogP contribution is -2.43. The summed E-state index contributed by atoms with van der Waals surface area (Å²) in [6, 6.07) is 0.430. The van der Waals surface area contributed by atoms with E-state index in [9.17, 15) is 5.11 Å². The van der Waals surface area contributed by atoms with Gasteiger partial charge in [0.2, 0.25) is 0 Å². The summed E-state index contributed by atoms with van der Waals surface area (Å²) in [5.41, 5.74) is -0.534. The Hall–Kier alpha value is -0.120. The fourth-order valence-electron chi connectivity index (χ4n) is 1.96. The van der Waals surface area contributed by atoms with Gasteiger partial charge >= 0.3 is 0 Å². The second kappa shape index (κ2) is 2.94. The van der Waals surface area contributed by atoms with Gasteiger partial charge in [0.05, 0.1) is 12.2 Å². The minimum absolute atomic E-state index is 0.0768. The molecule has 2 rings (SSSR count). The summed E-state index contributed by atoms with van der Waals surface area (Å²) in [4.78, 5) is 0. The minimum Gasteiger partial charge on any atom is -0.386 e. The number of nitrogens with one attached hydrogen (secondary N) is 1. The van der Waals surface area contributed by atoms with Crippen LogP contribution in [0.2, 0.25) is 0 Å². The maximum Gasteiger partial charge on any atom is 0.103 e. The van der Waals surface area contributed by atoms with Crippen LogP contribution in [-0.4, -0.2) is 35.5 Å². The number of rotatable bonds is 3. The molecule has 1 spiro atoms. The third kappa shape index (κ3) is 2.03. The second-order valence-electron chi connectivity index (χ2n) is 4.91. The van der Waals surface area contributed by atoms with E-state index >= 15 is 0 Å². The van der Waals surface area contributed by atoms with Crippen LogP contribution >= 0.6 is 0 Å². The van der Waals surface area contributed by atoms with Gasteiger partial charge in [-0.1, -0.05) is 13.8 Å². The summed E-state index contributed by atoms with van der Waals surface area (Å²) >= 11 is 0. The predicted molar refractivity (Wildman–Crippen MR) is 50.6 cm³/mol. The largest absolute Gasteiger partial charge is 0.386 e. The van der Waals surface area contributed by atoms with Gasteiger partial charge in [-0.3, -0.25) is 0 Å². The van der Waals surface area contributed by atoms with E-state index in [2.05, 4.69) is 19.2 Å². The highest BCUT2D eigenvalue weighted by Crippen LogP contribution is 2.50. The van der Waals surface area contributed by atoms with Gasteiger partial charge in [-0.2, -0.15) is 0 Å². The third-order valence-electron chi connectivity index (χ3n) is 2.95. The molecular weight excluding hydrogens is 166 g/mol. The van der Waals surface area contributed by atoms with Crippen molar-refractivity contribution in [1.29, 1.82) is 0 Å². The molecule has 1 atom stereocenters. The molecule has 3 nitrogen and oxygen atoms in total. The fraction of sp³-hybridized carbons (Fsp3) is 1.00. The van der Waals surface area contributed by atoms with Gasteiger partial charge in [-0.25, -0.2) is 0 Å². The Morgan fingerprint density at radius 2 is 2.15 bits per heavy atom. The van der Waals surface area contributed by atoms with Crippen LogP contribution in [0, 0.1) is 0 Å². The summed E-state index contributed by atoms with van der Waals surface area (Å²) in [7, 11) is 0. The van der Waals surface area contributed by atoms with Gasteiger partial charge in [-0.15, -0.1) is 0 Å². The molecule has 0 aromatic rings. The molecular formula is C10H19NO2.